The maximum absolute atomic E-state index is 12.2. The summed E-state index contributed by atoms with van der Waals surface area (Å²) in [7, 11) is 2.80. The van der Waals surface area contributed by atoms with E-state index in [1.807, 2.05) is 0 Å². The largest absolute Gasteiger partial charge is 0.493 e. The molecule has 1 aromatic rings. The number of benzene rings is 1. The Morgan fingerprint density at radius 1 is 1.25 bits per heavy atom. The first-order valence-corrected chi connectivity index (χ1v) is 7.93. The quantitative estimate of drug-likeness (QED) is 0.752. The smallest absolute Gasteiger partial charge is 0.334 e. The standard InChI is InChI=1S/C17H23NO6/c1-22-14-9-11(16(19)18-10-15(23-2)17(20)21)7-8-13(14)24-12-5-3-4-6-12/h7-9,12,15H,3-6,10H2,1-2H3,(H,18,19)(H,20,21). The van der Waals surface area contributed by atoms with Crippen molar-refractivity contribution < 1.29 is 28.9 Å². The van der Waals surface area contributed by atoms with E-state index in [2.05, 4.69) is 5.32 Å². The third-order valence-electron chi connectivity index (χ3n) is 4.03. The lowest BCUT2D eigenvalue weighted by molar-refractivity contribution is -0.148. The Morgan fingerprint density at radius 3 is 2.54 bits per heavy atom. The molecule has 1 atom stereocenters. The predicted molar refractivity (Wildman–Crippen MR) is 86.6 cm³/mol. The van der Waals surface area contributed by atoms with Crippen LogP contribution in [0.4, 0.5) is 0 Å². The molecule has 1 aliphatic carbocycles. The number of amides is 1. The topological polar surface area (TPSA) is 94.1 Å². The summed E-state index contributed by atoms with van der Waals surface area (Å²) in [5.41, 5.74) is 0.367. The first-order chi connectivity index (χ1) is 11.5. The molecule has 7 nitrogen and oxygen atoms in total. The molecule has 2 N–H and O–H groups in total. The number of carboxylic acids is 1. The minimum Gasteiger partial charge on any atom is -0.493 e. The molecular weight excluding hydrogens is 314 g/mol. The lowest BCUT2D eigenvalue weighted by Gasteiger charge is -2.17. The summed E-state index contributed by atoms with van der Waals surface area (Å²) >= 11 is 0. The van der Waals surface area contributed by atoms with Crippen LogP contribution in [0.25, 0.3) is 0 Å². The van der Waals surface area contributed by atoms with Crippen LogP contribution in [0.3, 0.4) is 0 Å². The van der Waals surface area contributed by atoms with Crippen LogP contribution in [0, 0.1) is 0 Å². The number of carbonyl (C=O) groups excluding carboxylic acids is 1. The molecule has 1 fully saturated rings. The first-order valence-electron chi connectivity index (χ1n) is 7.93. The van der Waals surface area contributed by atoms with E-state index in [4.69, 9.17) is 19.3 Å². The van der Waals surface area contributed by atoms with Crippen LogP contribution in [-0.4, -0.2) is 50.0 Å². The fourth-order valence-electron chi connectivity index (χ4n) is 2.65. The summed E-state index contributed by atoms with van der Waals surface area (Å²) in [5, 5.41) is 11.4. The summed E-state index contributed by atoms with van der Waals surface area (Å²) in [5.74, 6) is -0.433. The van der Waals surface area contributed by atoms with Crippen LogP contribution in [-0.2, 0) is 9.53 Å². The Balaban J connectivity index is 2.02. The van der Waals surface area contributed by atoms with Crippen molar-refractivity contribution in [3.63, 3.8) is 0 Å². The molecule has 0 saturated heterocycles. The second-order valence-electron chi connectivity index (χ2n) is 5.66. The summed E-state index contributed by atoms with van der Waals surface area (Å²) in [6, 6.07) is 4.92. The Morgan fingerprint density at radius 2 is 1.96 bits per heavy atom. The number of hydrogen-bond donors (Lipinski definition) is 2. The maximum Gasteiger partial charge on any atom is 0.334 e. The van der Waals surface area contributed by atoms with Crippen molar-refractivity contribution in [2.75, 3.05) is 20.8 Å². The number of nitrogens with one attached hydrogen (secondary N) is 1. The van der Waals surface area contributed by atoms with Crippen molar-refractivity contribution >= 4 is 11.9 Å². The monoisotopic (exact) mass is 337 g/mol. The Hall–Kier alpha value is -2.28. The van der Waals surface area contributed by atoms with Gasteiger partial charge in [-0.1, -0.05) is 0 Å². The molecular formula is C17H23NO6. The number of carbonyl (C=O) groups is 2. The fourth-order valence-corrected chi connectivity index (χ4v) is 2.65. The minimum absolute atomic E-state index is 0.118. The summed E-state index contributed by atoms with van der Waals surface area (Å²) in [4.78, 5) is 23.0. The molecule has 0 spiro atoms. The van der Waals surface area contributed by atoms with Gasteiger partial charge in [-0.3, -0.25) is 4.79 Å². The van der Waals surface area contributed by atoms with Gasteiger partial charge in [0.25, 0.3) is 5.91 Å². The third-order valence-corrected chi connectivity index (χ3v) is 4.03. The van der Waals surface area contributed by atoms with Gasteiger partial charge in [-0.2, -0.15) is 0 Å². The molecule has 7 heteroatoms. The summed E-state index contributed by atoms with van der Waals surface area (Å²) in [6.07, 6.45) is 3.49. The molecule has 1 amide bonds. The second kappa shape index (κ2) is 8.54. The molecule has 1 saturated carbocycles. The van der Waals surface area contributed by atoms with Gasteiger partial charge in [-0.05, 0) is 43.9 Å². The fraction of sp³-hybridized carbons (Fsp3) is 0.529. The van der Waals surface area contributed by atoms with Crippen molar-refractivity contribution in [3.8, 4) is 11.5 Å². The van der Waals surface area contributed by atoms with Gasteiger partial charge in [0.05, 0.1) is 19.8 Å². The third kappa shape index (κ3) is 4.61. The molecule has 2 rings (SSSR count). The van der Waals surface area contributed by atoms with Gasteiger partial charge in [-0.15, -0.1) is 0 Å². The second-order valence-corrected chi connectivity index (χ2v) is 5.66. The zero-order chi connectivity index (χ0) is 17.5. The van der Waals surface area contributed by atoms with Crippen LogP contribution in [0.1, 0.15) is 36.0 Å². The minimum atomic E-state index is -1.13. The van der Waals surface area contributed by atoms with E-state index in [9.17, 15) is 9.59 Å². The highest BCUT2D eigenvalue weighted by atomic mass is 16.5. The zero-order valence-corrected chi connectivity index (χ0v) is 13.9. The number of carboxylic acid groups (broad SMARTS) is 1. The molecule has 132 valence electrons. The van der Waals surface area contributed by atoms with Crippen molar-refractivity contribution in [1.82, 2.24) is 5.32 Å². The average molecular weight is 337 g/mol. The Bertz CT molecular complexity index is 582. The molecule has 1 aliphatic rings. The van der Waals surface area contributed by atoms with Crippen molar-refractivity contribution in [3.05, 3.63) is 23.8 Å². The molecule has 24 heavy (non-hydrogen) atoms. The first kappa shape index (κ1) is 18.1. The van der Waals surface area contributed by atoms with Crippen LogP contribution in [0.2, 0.25) is 0 Å². The molecule has 0 aromatic heterocycles. The maximum atomic E-state index is 12.2. The molecule has 1 unspecified atom stereocenters. The van der Waals surface area contributed by atoms with Crippen LogP contribution >= 0.6 is 0 Å². The van der Waals surface area contributed by atoms with Crippen LogP contribution in [0.5, 0.6) is 11.5 Å². The highest BCUT2D eigenvalue weighted by Gasteiger charge is 2.20. The number of aliphatic carboxylic acids is 1. The summed E-state index contributed by atoms with van der Waals surface area (Å²) in [6.45, 7) is -0.118. The lowest BCUT2D eigenvalue weighted by Crippen LogP contribution is -2.37. The van der Waals surface area contributed by atoms with E-state index >= 15 is 0 Å². The van der Waals surface area contributed by atoms with E-state index < -0.39 is 18.0 Å². The average Bonchev–Trinajstić information content (AvgIpc) is 3.08. The molecule has 0 bridgehead atoms. The number of methoxy groups -OCH3 is 2. The zero-order valence-electron chi connectivity index (χ0n) is 13.9. The van der Waals surface area contributed by atoms with E-state index in [1.165, 1.54) is 14.2 Å². The number of rotatable bonds is 8. The SMILES string of the molecule is COc1cc(C(=O)NCC(OC)C(=O)O)ccc1OC1CCCC1. The van der Waals surface area contributed by atoms with Gasteiger partial charge in [0.1, 0.15) is 0 Å². The number of ether oxygens (including phenoxy) is 3. The Kier molecular flexibility index (Phi) is 6.43. The highest BCUT2D eigenvalue weighted by molar-refractivity contribution is 5.95. The summed E-state index contributed by atoms with van der Waals surface area (Å²) < 4.78 is 16.0. The molecule has 1 aromatic carbocycles. The van der Waals surface area contributed by atoms with Gasteiger partial charge in [-0.25, -0.2) is 4.79 Å². The molecule has 0 heterocycles. The van der Waals surface area contributed by atoms with Crippen molar-refractivity contribution in [2.45, 2.75) is 37.9 Å². The van der Waals surface area contributed by atoms with Crippen LogP contribution in [0.15, 0.2) is 18.2 Å². The van der Waals surface area contributed by atoms with E-state index in [-0.39, 0.29) is 12.6 Å². The van der Waals surface area contributed by atoms with Crippen molar-refractivity contribution in [2.24, 2.45) is 0 Å². The normalized spacial score (nSPS) is 15.8. The van der Waals surface area contributed by atoms with Gasteiger partial charge in [0.2, 0.25) is 0 Å². The highest BCUT2D eigenvalue weighted by Crippen LogP contribution is 2.32. The van der Waals surface area contributed by atoms with E-state index in [1.54, 1.807) is 18.2 Å². The van der Waals surface area contributed by atoms with Gasteiger partial charge < -0.3 is 24.6 Å². The molecule has 0 aliphatic heterocycles. The van der Waals surface area contributed by atoms with E-state index in [0.717, 1.165) is 25.7 Å². The van der Waals surface area contributed by atoms with E-state index in [0.29, 0.717) is 17.1 Å². The van der Waals surface area contributed by atoms with Crippen LogP contribution < -0.4 is 14.8 Å². The van der Waals surface area contributed by atoms with Gasteiger partial charge in [0, 0.05) is 12.7 Å². The van der Waals surface area contributed by atoms with Gasteiger partial charge in [0.15, 0.2) is 17.6 Å². The number of hydrogen-bond acceptors (Lipinski definition) is 5. The Labute approximate surface area is 140 Å². The lowest BCUT2D eigenvalue weighted by atomic mass is 10.1. The van der Waals surface area contributed by atoms with Gasteiger partial charge >= 0.3 is 5.97 Å². The van der Waals surface area contributed by atoms with Crippen molar-refractivity contribution in [1.29, 1.82) is 0 Å². The predicted octanol–water partition coefficient (Wildman–Crippen LogP) is 1.85. The molecule has 0 radical (unpaired) electrons.